The van der Waals surface area contributed by atoms with Gasteiger partial charge in [0.2, 0.25) is 5.89 Å². The fourth-order valence-corrected chi connectivity index (χ4v) is 5.01. The third kappa shape index (κ3) is 6.83. The zero-order chi connectivity index (χ0) is 25.7. The number of amidine groups is 2. The van der Waals surface area contributed by atoms with E-state index >= 15 is 0 Å². The molecule has 3 N–H and O–H groups in total. The van der Waals surface area contributed by atoms with E-state index in [2.05, 4.69) is 37.1 Å². The molecule has 2 aromatic rings. The smallest absolute Gasteiger partial charge is 0.300 e. The average Bonchev–Trinajstić information content (AvgIpc) is 3.49. The van der Waals surface area contributed by atoms with Crippen LogP contribution >= 0.6 is 11.6 Å². The number of halogens is 1. The standard InChI is InChI=1S/C23H29ClN6O2.C2H4O2/c1-15-13-32-23(26-15)20-12-30(19(14-31-20)10-16-2-4-17(24)5-3-16)18-6-8-29(9-7-18)22-11-21(25)27-28-22;1-2(3)4/h2-5,13,18-20H,6-12,14H2,1H3,(H2,25,27);1H3,(H,3,4)/t19-,20+;/m0./s1. The van der Waals surface area contributed by atoms with Crippen molar-refractivity contribution in [3.05, 3.63) is 52.7 Å². The number of oxazole rings is 1. The second-order valence-electron chi connectivity index (χ2n) is 9.35. The summed E-state index contributed by atoms with van der Waals surface area (Å²) in [5, 5.41) is 16.4. The fraction of sp³-hybridized carbons (Fsp3) is 0.520. The Balaban J connectivity index is 0.000000709. The first-order valence-corrected chi connectivity index (χ1v) is 12.5. The van der Waals surface area contributed by atoms with E-state index in [0.717, 1.165) is 62.4 Å². The summed E-state index contributed by atoms with van der Waals surface area (Å²) in [6.07, 6.45) is 5.26. The Hall–Kier alpha value is -2.95. The molecule has 0 amide bonds. The molecule has 0 unspecified atom stereocenters. The van der Waals surface area contributed by atoms with Crippen molar-refractivity contribution >= 4 is 29.2 Å². The molecule has 0 saturated carbocycles. The maximum atomic E-state index is 9.00. The van der Waals surface area contributed by atoms with E-state index in [9.17, 15) is 0 Å². The zero-order valence-corrected chi connectivity index (χ0v) is 21.4. The van der Waals surface area contributed by atoms with E-state index in [1.54, 1.807) is 6.26 Å². The molecule has 194 valence electrons. The number of aromatic nitrogens is 1. The Labute approximate surface area is 215 Å². The van der Waals surface area contributed by atoms with Gasteiger partial charge >= 0.3 is 0 Å². The monoisotopic (exact) mass is 516 g/mol. The molecule has 5 rings (SSSR count). The molecule has 10 nitrogen and oxygen atoms in total. The maximum absolute atomic E-state index is 9.00. The molecule has 0 aliphatic carbocycles. The Morgan fingerprint density at radius 2 is 1.92 bits per heavy atom. The molecule has 0 bridgehead atoms. The number of benzene rings is 1. The van der Waals surface area contributed by atoms with Gasteiger partial charge in [0.25, 0.3) is 5.97 Å². The Morgan fingerprint density at radius 3 is 2.50 bits per heavy atom. The number of morpholine rings is 1. The first-order valence-electron chi connectivity index (χ1n) is 12.2. The maximum Gasteiger partial charge on any atom is 0.300 e. The van der Waals surface area contributed by atoms with Gasteiger partial charge in [0, 0.05) is 43.7 Å². The van der Waals surface area contributed by atoms with Crippen molar-refractivity contribution in [1.82, 2.24) is 14.8 Å². The van der Waals surface area contributed by atoms with E-state index in [4.69, 9.17) is 36.4 Å². The van der Waals surface area contributed by atoms with Gasteiger partial charge in [-0.25, -0.2) is 4.98 Å². The van der Waals surface area contributed by atoms with Gasteiger partial charge in [-0.1, -0.05) is 23.7 Å². The van der Waals surface area contributed by atoms with Gasteiger partial charge in [-0.15, -0.1) is 10.2 Å². The summed E-state index contributed by atoms with van der Waals surface area (Å²) >= 11 is 6.09. The number of nitrogens with two attached hydrogens (primary N) is 1. The molecule has 3 aliphatic heterocycles. The zero-order valence-electron chi connectivity index (χ0n) is 20.6. The van der Waals surface area contributed by atoms with Crippen LogP contribution in [0.1, 0.15) is 49.4 Å². The number of carbonyl (C=O) groups is 1. The summed E-state index contributed by atoms with van der Waals surface area (Å²) < 4.78 is 11.9. The van der Waals surface area contributed by atoms with E-state index in [1.165, 1.54) is 5.56 Å². The summed E-state index contributed by atoms with van der Waals surface area (Å²) in [7, 11) is 0. The topological polar surface area (TPSA) is 130 Å². The minimum absolute atomic E-state index is 0.143. The largest absolute Gasteiger partial charge is 0.481 e. The number of aliphatic carboxylic acids is 1. The third-order valence-corrected chi connectivity index (χ3v) is 6.82. The molecular weight excluding hydrogens is 484 g/mol. The summed E-state index contributed by atoms with van der Waals surface area (Å²) in [5.41, 5.74) is 7.96. The summed E-state index contributed by atoms with van der Waals surface area (Å²) in [6.45, 7) is 6.36. The van der Waals surface area contributed by atoms with Crippen LogP contribution < -0.4 is 5.73 Å². The Morgan fingerprint density at radius 1 is 1.22 bits per heavy atom. The highest BCUT2D eigenvalue weighted by Crippen LogP contribution is 2.31. The van der Waals surface area contributed by atoms with Crippen LogP contribution in [0.2, 0.25) is 5.02 Å². The van der Waals surface area contributed by atoms with Crippen LogP contribution in [0.3, 0.4) is 0 Å². The normalized spacial score (nSPS) is 23.0. The van der Waals surface area contributed by atoms with Gasteiger partial charge in [0.1, 0.15) is 24.0 Å². The van der Waals surface area contributed by atoms with Crippen molar-refractivity contribution in [3.8, 4) is 0 Å². The van der Waals surface area contributed by atoms with Crippen LogP contribution in [0.4, 0.5) is 0 Å². The fourth-order valence-electron chi connectivity index (χ4n) is 4.89. The lowest BCUT2D eigenvalue weighted by molar-refractivity contribution is -0.134. The van der Waals surface area contributed by atoms with Crippen LogP contribution in [-0.2, 0) is 16.0 Å². The molecule has 0 spiro atoms. The summed E-state index contributed by atoms with van der Waals surface area (Å²) in [5.74, 6) is 1.43. The second-order valence-corrected chi connectivity index (χ2v) is 9.79. The van der Waals surface area contributed by atoms with Crippen LogP contribution in [-0.4, -0.2) is 75.9 Å². The lowest BCUT2D eigenvalue weighted by Crippen LogP contribution is -2.55. The number of hydrogen-bond acceptors (Lipinski definition) is 9. The number of rotatable bonds is 4. The van der Waals surface area contributed by atoms with Crippen LogP contribution in [0.15, 0.2) is 45.1 Å². The second kappa shape index (κ2) is 11.9. The average molecular weight is 517 g/mol. The number of likely N-dealkylation sites (tertiary alicyclic amines) is 1. The molecule has 2 saturated heterocycles. The van der Waals surface area contributed by atoms with Gasteiger partial charge in [0.05, 0.1) is 18.7 Å². The van der Waals surface area contributed by atoms with Crippen molar-refractivity contribution in [3.63, 3.8) is 0 Å². The van der Waals surface area contributed by atoms with Crippen molar-refractivity contribution in [1.29, 1.82) is 0 Å². The first kappa shape index (κ1) is 26.1. The third-order valence-electron chi connectivity index (χ3n) is 6.56. The Bertz CT molecular complexity index is 1090. The molecule has 3 aliphatic rings. The van der Waals surface area contributed by atoms with E-state index < -0.39 is 5.97 Å². The van der Waals surface area contributed by atoms with Crippen LogP contribution in [0.5, 0.6) is 0 Å². The van der Waals surface area contributed by atoms with Gasteiger partial charge in [-0.05, 0) is 43.9 Å². The molecule has 4 heterocycles. The molecule has 11 heteroatoms. The number of nitrogens with zero attached hydrogens (tertiary/aromatic N) is 5. The lowest BCUT2D eigenvalue weighted by Gasteiger charge is -2.46. The minimum Gasteiger partial charge on any atom is -0.481 e. The predicted molar refractivity (Wildman–Crippen MR) is 137 cm³/mol. The highest BCUT2D eigenvalue weighted by Gasteiger charge is 2.38. The molecule has 0 radical (unpaired) electrons. The van der Waals surface area contributed by atoms with Gasteiger partial charge in [-0.3, -0.25) is 9.69 Å². The van der Waals surface area contributed by atoms with Gasteiger partial charge in [-0.2, -0.15) is 0 Å². The highest BCUT2D eigenvalue weighted by atomic mass is 35.5. The van der Waals surface area contributed by atoms with E-state index in [0.29, 0.717) is 36.8 Å². The quantitative estimate of drug-likeness (QED) is 0.633. The van der Waals surface area contributed by atoms with E-state index in [-0.39, 0.29) is 6.10 Å². The molecule has 1 aromatic heterocycles. The van der Waals surface area contributed by atoms with Crippen molar-refractivity contribution in [2.45, 2.75) is 57.7 Å². The number of hydrogen-bond donors (Lipinski definition) is 2. The van der Waals surface area contributed by atoms with Gasteiger partial charge in [0.15, 0.2) is 0 Å². The molecule has 1 aromatic carbocycles. The lowest BCUT2D eigenvalue weighted by atomic mass is 9.96. The molecule has 2 atom stereocenters. The van der Waals surface area contributed by atoms with Crippen LogP contribution in [0.25, 0.3) is 0 Å². The van der Waals surface area contributed by atoms with Crippen molar-refractivity contribution in [2.24, 2.45) is 15.9 Å². The number of carboxylic acid groups (broad SMARTS) is 1. The number of carboxylic acids is 1. The number of ether oxygens (including phenoxy) is 1. The summed E-state index contributed by atoms with van der Waals surface area (Å²) in [6, 6.07) is 8.88. The number of aryl methyl sites for hydroxylation is 1. The predicted octanol–water partition coefficient (Wildman–Crippen LogP) is 3.25. The molecule has 36 heavy (non-hydrogen) atoms. The first-order chi connectivity index (χ1) is 17.3. The molecular formula is C25H33ClN6O4. The molecule has 2 fully saturated rings. The van der Waals surface area contributed by atoms with Gasteiger partial charge < -0.3 is 24.9 Å². The number of piperidine rings is 1. The van der Waals surface area contributed by atoms with Crippen molar-refractivity contribution < 1.29 is 19.1 Å². The summed E-state index contributed by atoms with van der Waals surface area (Å²) in [4.78, 5) is 18.5. The minimum atomic E-state index is -0.833. The van der Waals surface area contributed by atoms with Crippen molar-refractivity contribution in [2.75, 3.05) is 26.2 Å². The SMILES string of the molecule is CC(=O)O.Cc1coc([C@H]2CN(C3CCN(C4=NN=C(N)C4)CC3)[C@@H](Cc3ccc(Cl)cc3)CO2)n1. The highest BCUT2D eigenvalue weighted by molar-refractivity contribution is 6.30. The van der Waals surface area contributed by atoms with E-state index in [1.807, 2.05) is 19.1 Å². The Kier molecular flexibility index (Phi) is 8.60. The van der Waals surface area contributed by atoms with Crippen LogP contribution in [0, 0.1) is 6.92 Å².